The zero-order valence-electron chi connectivity index (χ0n) is 10.4. The van der Waals surface area contributed by atoms with Crippen molar-refractivity contribution in [2.45, 2.75) is 19.4 Å². The minimum absolute atomic E-state index is 0.274. The number of carbonyl (C=O) groups excluding carboxylic acids is 1. The van der Waals surface area contributed by atoms with Gasteiger partial charge in [-0.3, -0.25) is 4.79 Å². The molecule has 0 aliphatic rings. The average molecular weight is 241 g/mol. The van der Waals surface area contributed by atoms with E-state index in [9.17, 15) is 4.79 Å². The molecule has 0 aliphatic heterocycles. The first-order chi connectivity index (χ1) is 8.62. The Morgan fingerprint density at radius 3 is 2.28 bits per heavy atom. The maximum atomic E-state index is 10.5. The van der Waals surface area contributed by atoms with Crippen molar-refractivity contribution < 1.29 is 4.79 Å². The molecule has 4 heteroatoms. The Labute approximate surface area is 106 Å². The molecule has 0 bridgehead atoms. The first-order valence-corrected chi connectivity index (χ1v) is 5.73. The molecule has 1 heterocycles. The van der Waals surface area contributed by atoms with Crippen LogP contribution in [0.15, 0.2) is 42.7 Å². The van der Waals surface area contributed by atoms with Gasteiger partial charge in [0.05, 0.1) is 11.1 Å². The van der Waals surface area contributed by atoms with Gasteiger partial charge in [0.15, 0.2) is 6.29 Å². The van der Waals surface area contributed by atoms with Crippen LogP contribution < -0.4 is 5.32 Å². The lowest BCUT2D eigenvalue weighted by Gasteiger charge is -2.26. The van der Waals surface area contributed by atoms with Crippen LogP contribution in [0.3, 0.4) is 0 Å². The lowest BCUT2D eigenvalue weighted by atomic mass is 9.95. The summed E-state index contributed by atoms with van der Waals surface area (Å²) in [6.07, 6.45) is 3.74. The van der Waals surface area contributed by atoms with E-state index in [2.05, 4.69) is 29.1 Å². The zero-order chi connectivity index (χ0) is 13.0. The minimum Gasteiger partial charge on any atom is -0.345 e. The van der Waals surface area contributed by atoms with Gasteiger partial charge >= 0.3 is 0 Å². The van der Waals surface area contributed by atoms with Crippen molar-refractivity contribution in [2.24, 2.45) is 0 Å². The third-order valence-corrected chi connectivity index (χ3v) is 2.73. The lowest BCUT2D eigenvalue weighted by Crippen LogP contribution is -2.28. The molecule has 18 heavy (non-hydrogen) atoms. The number of rotatable bonds is 4. The number of benzene rings is 1. The van der Waals surface area contributed by atoms with Crippen LogP contribution in [0.25, 0.3) is 0 Å². The number of carbonyl (C=O) groups is 1. The van der Waals surface area contributed by atoms with E-state index >= 15 is 0 Å². The third-order valence-electron chi connectivity index (χ3n) is 2.73. The molecule has 0 atom stereocenters. The van der Waals surface area contributed by atoms with Gasteiger partial charge in [-0.1, -0.05) is 30.3 Å². The number of aldehydes is 1. The van der Waals surface area contributed by atoms with E-state index in [1.54, 1.807) is 0 Å². The van der Waals surface area contributed by atoms with Crippen molar-refractivity contribution in [1.29, 1.82) is 0 Å². The number of nitrogens with zero attached hydrogens (tertiary/aromatic N) is 2. The van der Waals surface area contributed by atoms with Crippen LogP contribution >= 0.6 is 0 Å². The molecular weight excluding hydrogens is 226 g/mol. The molecule has 2 aromatic rings. The van der Waals surface area contributed by atoms with Crippen molar-refractivity contribution in [3.8, 4) is 0 Å². The molecule has 4 nitrogen and oxygen atoms in total. The molecule has 0 spiro atoms. The molecule has 0 aliphatic carbocycles. The SMILES string of the molecule is CC(C)(Nc1ncc(C=O)cn1)c1ccccc1. The van der Waals surface area contributed by atoms with Gasteiger partial charge in [0.1, 0.15) is 0 Å². The second-order valence-corrected chi connectivity index (χ2v) is 4.57. The fraction of sp³-hybridized carbons (Fsp3) is 0.214. The summed E-state index contributed by atoms with van der Waals surface area (Å²) in [5.41, 5.74) is 1.34. The van der Waals surface area contributed by atoms with Gasteiger partial charge in [-0.25, -0.2) is 9.97 Å². The van der Waals surface area contributed by atoms with Crippen molar-refractivity contribution >= 4 is 12.2 Å². The van der Waals surface area contributed by atoms with Gasteiger partial charge in [0, 0.05) is 12.4 Å². The predicted octanol–water partition coefficient (Wildman–Crippen LogP) is 2.64. The highest BCUT2D eigenvalue weighted by atomic mass is 16.1. The number of hydrogen-bond donors (Lipinski definition) is 1. The Kier molecular flexibility index (Phi) is 3.37. The molecule has 0 radical (unpaired) electrons. The van der Waals surface area contributed by atoms with Gasteiger partial charge < -0.3 is 5.32 Å². The fourth-order valence-corrected chi connectivity index (χ4v) is 1.67. The van der Waals surface area contributed by atoms with E-state index in [1.165, 1.54) is 12.4 Å². The monoisotopic (exact) mass is 241 g/mol. The molecule has 2 rings (SSSR count). The zero-order valence-corrected chi connectivity index (χ0v) is 10.4. The standard InChI is InChI=1S/C14H15N3O/c1-14(2,12-6-4-3-5-7-12)17-13-15-8-11(10-18)9-16-13/h3-10H,1-2H3,(H,15,16,17). The molecule has 0 amide bonds. The predicted molar refractivity (Wildman–Crippen MR) is 70.5 cm³/mol. The summed E-state index contributed by atoms with van der Waals surface area (Å²) < 4.78 is 0. The van der Waals surface area contributed by atoms with Gasteiger partial charge in [-0.05, 0) is 19.4 Å². The summed E-state index contributed by atoms with van der Waals surface area (Å²) in [6.45, 7) is 4.11. The molecule has 0 saturated carbocycles. The summed E-state index contributed by atoms with van der Waals surface area (Å²) >= 11 is 0. The highest BCUT2D eigenvalue weighted by Gasteiger charge is 2.20. The largest absolute Gasteiger partial charge is 0.345 e. The maximum absolute atomic E-state index is 10.5. The van der Waals surface area contributed by atoms with Crippen molar-refractivity contribution in [1.82, 2.24) is 9.97 Å². The van der Waals surface area contributed by atoms with E-state index in [1.807, 2.05) is 30.3 Å². The number of anilines is 1. The number of hydrogen-bond acceptors (Lipinski definition) is 4. The molecule has 0 fully saturated rings. The van der Waals surface area contributed by atoms with E-state index < -0.39 is 0 Å². The van der Waals surface area contributed by atoms with Crippen LogP contribution in [0.5, 0.6) is 0 Å². The van der Waals surface area contributed by atoms with Crippen LogP contribution in [-0.2, 0) is 5.54 Å². The molecule has 0 saturated heterocycles. The second kappa shape index (κ2) is 4.96. The minimum atomic E-state index is -0.274. The normalized spacial score (nSPS) is 11.0. The molecule has 0 unspecified atom stereocenters. The van der Waals surface area contributed by atoms with Crippen molar-refractivity contribution in [3.05, 3.63) is 53.9 Å². The molecule has 1 N–H and O–H groups in total. The van der Waals surface area contributed by atoms with E-state index in [4.69, 9.17) is 0 Å². The smallest absolute Gasteiger partial charge is 0.223 e. The summed E-state index contributed by atoms with van der Waals surface area (Å²) in [5.74, 6) is 0.509. The summed E-state index contributed by atoms with van der Waals surface area (Å²) in [7, 11) is 0. The van der Waals surface area contributed by atoms with Gasteiger partial charge in [-0.2, -0.15) is 0 Å². The Morgan fingerprint density at radius 1 is 1.11 bits per heavy atom. The Morgan fingerprint density at radius 2 is 1.72 bits per heavy atom. The lowest BCUT2D eigenvalue weighted by molar-refractivity contribution is 0.112. The van der Waals surface area contributed by atoms with Gasteiger partial charge in [-0.15, -0.1) is 0 Å². The quantitative estimate of drug-likeness (QED) is 0.836. The Bertz CT molecular complexity index is 520. The molecule has 92 valence electrons. The Hall–Kier alpha value is -2.23. The topological polar surface area (TPSA) is 54.9 Å². The highest BCUT2D eigenvalue weighted by molar-refractivity contribution is 5.73. The molecule has 1 aromatic carbocycles. The second-order valence-electron chi connectivity index (χ2n) is 4.57. The van der Waals surface area contributed by atoms with Crippen molar-refractivity contribution in [2.75, 3.05) is 5.32 Å². The summed E-state index contributed by atoms with van der Waals surface area (Å²) in [5, 5.41) is 3.25. The first kappa shape index (κ1) is 12.2. The van der Waals surface area contributed by atoms with E-state index in [0.717, 1.165) is 11.8 Å². The van der Waals surface area contributed by atoms with Crippen molar-refractivity contribution in [3.63, 3.8) is 0 Å². The maximum Gasteiger partial charge on any atom is 0.223 e. The van der Waals surface area contributed by atoms with Crippen LogP contribution in [0, 0.1) is 0 Å². The van der Waals surface area contributed by atoms with Gasteiger partial charge in [0.2, 0.25) is 5.95 Å². The van der Waals surface area contributed by atoms with E-state index in [0.29, 0.717) is 11.5 Å². The number of nitrogens with one attached hydrogen (secondary N) is 1. The summed E-state index contributed by atoms with van der Waals surface area (Å²) in [6, 6.07) is 10.1. The number of aromatic nitrogens is 2. The summed E-state index contributed by atoms with van der Waals surface area (Å²) in [4.78, 5) is 18.7. The van der Waals surface area contributed by atoms with E-state index in [-0.39, 0.29) is 5.54 Å². The van der Waals surface area contributed by atoms with Crippen LogP contribution in [0.4, 0.5) is 5.95 Å². The van der Waals surface area contributed by atoms with Crippen LogP contribution in [-0.4, -0.2) is 16.3 Å². The highest BCUT2D eigenvalue weighted by Crippen LogP contribution is 2.23. The third kappa shape index (κ3) is 2.71. The fourth-order valence-electron chi connectivity index (χ4n) is 1.67. The average Bonchev–Trinajstić information content (AvgIpc) is 2.40. The first-order valence-electron chi connectivity index (χ1n) is 5.73. The van der Waals surface area contributed by atoms with Gasteiger partial charge in [0.25, 0.3) is 0 Å². The van der Waals surface area contributed by atoms with Crippen LogP contribution in [0.1, 0.15) is 29.8 Å². The molecule has 1 aromatic heterocycles. The Balaban J connectivity index is 2.19. The molecular formula is C14H15N3O. The van der Waals surface area contributed by atoms with Crippen LogP contribution in [0.2, 0.25) is 0 Å².